The molecule has 21 heavy (non-hydrogen) atoms. The first-order chi connectivity index (χ1) is 10.2. The minimum absolute atomic E-state index is 0.0432. The topological polar surface area (TPSA) is 61.7 Å². The number of methoxy groups -OCH3 is 1. The smallest absolute Gasteiger partial charge is 0.118 e. The highest BCUT2D eigenvalue weighted by molar-refractivity contribution is 5.35. The molecule has 112 valence electrons. The standard InChI is InChI=1S/C17H21NO3/c1-21-16-9-7-14(8-10-16)17(18-11-15(20)12-19)13-5-3-2-4-6-13/h2-10,15,17-20H,11-12H2,1H3. The Labute approximate surface area is 125 Å². The van der Waals surface area contributed by atoms with E-state index in [-0.39, 0.29) is 12.6 Å². The molecule has 0 spiro atoms. The lowest BCUT2D eigenvalue weighted by Gasteiger charge is -2.21. The highest BCUT2D eigenvalue weighted by Gasteiger charge is 2.15. The lowest BCUT2D eigenvalue weighted by Crippen LogP contribution is -2.32. The van der Waals surface area contributed by atoms with Gasteiger partial charge in [0.05, 0.1) is 25.9 Å². The van der Waals surface area contributed by atoms with Crippen molar-refractivity contribution >= 4 is 0 Å². The first kappa shape index (κ1) is 15.5. The van der Waals surface area contributed by atoms with Crippen molar-refractivity contribution in [2.45, 2.75) is 12.1 Å². The second kappa shape index (κ2) is 7.78. The monoisotopic (exact) mass is 287 g/mol. The molecule has 0 aliphatic heterocycles. The number of hydrogen-bond acceptors (Lipinski definition) is 4. The molecular weight excluding hydrogens is 266 g/mol. The molecule has 0 aliphatic rings. The molecule has 2 aromatic carbocycles. The summed E-state index contributed by atoms with van der Waals surface area (Å²) < 4.78 is 5.18. The fourth-order valence-corrected chi connectivity index (χ4v) is 2.19. The third-order valence-electron chi connectivity index (χ3n) is 3.35. The van der Waals surface area contributed by atoms with E-state index in [0.717, 1.165) is 16.9 Å². The van der Waals surface area contributed by atoms with Crippen LogP contribution in [0.3, 0.4) is 0 Å². The lowest BCUT2D eigenvalue weighted by atomic mass is 9.98. The van der Waals surface area contributed by atoms with E-state index in [9.17, 15) is 5.11 Å². The van der Waals surface area contributed by atoms with Gasteiger partial charge >= 0.3 is 0 Å². The molecule has 0 bridgehead atoms. The van der Waals surface area contributed by atoms with E-state index in [1.54, 1.807) is 7.11 Å². The van der Waals surface area contributed by atoms with Crippen LogP contribution in [0, 0.1) is 0 Å². The summed E-state index contributed by atoms with van der Waals surface area (Å²) in [5.74, 6) is 0.806. The van der Waals surface area contributed by atoms with Gasteiger partial charge in [-0.15, -0.1) is 0 Å². The molecule has 0 saturated carbocycles. The van der Waals surface area contributed by atoms with E-state index in [1.807, 2.05) is 54.6 Å². The van der Waals surface area contributed by atoms with Gasteiger partial charge in [0, 0.05) is 6.54 Å². The SMILES string of the molecule is COc1ccc(C(NCC(O)CO)c2ccccc2)cc1. The van der Waals surface area contributed by atoms with Crippen molar-refractivity contribution in [1.29, 1.82) is 0 Å². The number of aliphatic hydroxyl groups excluding tert-OH is 2. The summed E-state index contributed by atoms with van der Waals surface area (Å²) in [5, 5.41) is 21.8. The van der Waals surface area contributed by atoms with E-state index >= 15 is 0 Å². The molecular formula is C17H21NO3. The summed E-state index contributed by atoms with van der Waals surface area (Å²) in [6, 6.07) is 17.8. The molecule has 4 heteroatoms. The zero-order chi connectivity index (χ0) is 15.1. The van der Waals surface area contributed by atoms with Gasteiger partial charge in [-0.05, 0) is 23.3 Å². The summed E-state index contributed by atoms with van der Waals surface area (Å²) in [6.45, 7) is 0.0687. The van der Waals surface area contributed by atoms with Gasteiger partial charge in [-0.25, -0.2) is 0 Å². The van der Waals surface area contributed by atoms with Crippen LogP contribution in [-0.4, -0.2) is 36.6 Å². The van der Waals surface area contributed by atoms with Crippen molar-refractivity contribution in [3.63, 3.8) is 0 Å². The maximum atomic E-state index is 9.55. The lowest BCUT2D eigenvalue weighted by molar-refractivity contribution is 0.0929. The van der Waals surface area contributed by atoms with Crippen LogP contribution >= 0.6 is 0 Å². The van der Waals surface area contributed by atoms with Crippen LogP contribution in [0.1, 0.15) is 17.2 Å². The molecule has 2 aromatic rings. The summed E-state index contributed by atoms with van der Waals surface area (Å²) in [5.41, 5.74) is 2.18. The predicted octanol–water partition coefficient (Wildman–Crippen LogP) is 1.73. The predicted molar refractivity (Wildman–Crippen MR) is 82.4 cm³/mol. The van der Waals surface area contributed by atoms with E-state index in [4.69, 9.17) is 9.84 Å². The van der Waals surface area contributed by atoms with Gasteiger partial charge in [0.1, 0.15) is 5.75 Å². The van der Waals surface area contributed by atoms with Crippen LogP contribution in [0.15, 0.2) is 54.6 Å². The van der Waals surface area contributed by atoms with E-state index < -0.39 is 6.10 Å². The van der Waals surface area contributed by atoms with Gasteiger partial charge in [-0.1, -0.05) is 42.5 Å². The summed E-state index contributed by atoms with van der Waals surface area (Å²) in [7, 11) is 1.64. The molecule has 4 nitrogen and oxygen atoms in total. The normalized spacial score (nSPS) is 13.7. The third-order valence-corrected chi connectivity index (χ3v) is 3.35. The molecule has 0 fully saturated rings. The Bertz CT molecular complexity index is 527. The van der Waals surface area contributed by atoms with Crippen LogP contribution in [0.25, 0.3) is 0 Å². The molecule has 0 heterocycles. The minimum atomic E-state index is -0.769. The van der Waals surface area contributed by atoms with Crippen LogP contribution in [0.2, 0.25) is 0 Å². The number of ether oxygens (including phenoxy) is 1. The van der Waals surface area contributed by atoms with E-state index in [0.29, 0.717) is 6.54 Å². The van der Waals surface area contributed by atoms with E-state index in [2.05, 4.69) is 5.32 Å². The average molecular weight is 287 g/mol. The van der Waals surface area contributed by atoms with Gasteiger partial charge in [0.15, 0.2) is 0 Å². The highest BCUT2D eigenvalue weighted by atomic mass is 16.5. The Kier molecular flexibility index (Phi) is 5.75. The Hall–Kier alpha value is -1.88. The second-order valence-electron chi connectivity index (χ2n) is 4.86. The molecule has 2 rings (SSSR count). The number of nitrogens with one attached hydrogen (secondary N) is 1. The number of hydrogen-bond donors (Lipinski definition) is 3. The van der Waals surface area contributed by atoms with Crippen molar-refractivity contribution in [1.82, 2.24) is 5.32 Å². The van der Waals surface area contributed by atoms with Gasteiger partial charge in [0.2, 0.25) is 0 Å². The second-order valence-corrected chi connectivity index (χ2v) is 4.86. The Balaban J connectivity index is 2.22. The minimum Gasteiger partial charge on any atom is -0.497 e. The number of aliphatic hydroxyl groups is 2. The summed E-state index contributed by atoms with van der Waals surface area (Å²) in [6.07, 6.45) is -0.769. The molecule has 2 unspecified atom stereocenters. The maximum absolute atomic E-state index is 9.55. The molecule has 0 saturated heterocycles. The Morgan fingerprint density at radius 1 is 1.00 bits per heavy atom. The van der Waals surface area contributed by atoms with Crippen molar-refractivity contribution in [3.05, 3.63) is 65.7 Å². The highest BCUT2D eigenvalue weighted by Crippen LogP contribution is 2.24. The van der Waals surface area contributed by atoms with Gasteiger partial charge in [0.25, 0.3) is 0 Å². The summed E-state index contributed by atoms with van der Waals surface area (Å²) in [4.78, 5) is 0. The Morgan fingerprint density at radius 2 is 1.62 bits per heavy atom. The zero-order valence-corrected chi connectivity index (χ0v) is 12.1. The molecule has 3 N–H and O–H groups in total. The number of benzene rings is 2. The van der Waals surface area contributed by atoms with Crippen molar-refractivity contribution in [3.8, 4) is 5.75 Å². The average Bonchev–Trinajstić information content (AvgIpc) is 2.56. The molecule has 0 radical (unpaired) electrons. The molecule has 0 amide bonds. The summed E-state index contributed by atoms with van der Waals surface area (Å²) >= 11 is 0. The zero-order valence-electron chi connectivity index (χ0n) is 12.1. The molecule has 2 atom stereocenters. The maximum Gasteiger partial charge on any atom is 0.118 e. The van der Waals surface area contributed by atoms with Crippen LogP contribution < -0.4 is 10.1 Å². The third kappa shape index (κ3) is 4.29. The Morgan fingerprint density at radius 3 is 2.19 bits per heavy atom. The van der Waals surface area contributed by atoms with Crippen molar-refractivity contribution in [2.75, 3.05) is 20.3 Å². The van der Waals surface area contributed by atoms with Crippen LogP contribution in [0.4, 0.5) is 0 Å². The molecule has 0 aromatic heterocycles. The van der Waals surface area contributed by atoms with Gasteiger partial charge < -0.3 is 20.3 Å². The van der Waals surface area contributed by atoms with Crippen LogP contribution in [0.5, 0.6) is 5.75 Å². The van der Waals surface area contributed by atoms with Gasteiger partial charge in [-0.3, -0.25) is 0 Å². The fraction of sp³-hybridized carbons (Fsp3) is 0.294. The number of rotatable bonds is 7. The van der Waals surface area contributed by atoms with Crippen molar-refractivity contribution < 1.29 is 14.9 Å². The largest absolute Gasteiger partial charge is 0.497 e. The quantitative estimate of drug-likeness (QED) is 0.726. The first-order valence-electron chi connectivity index (χ1n) is 6.95. The molecule has 0 aliphatic carbocycles. The fourth-order valence-electron chi connectivity index (χ4n) is 2.19. The first-order valence-corrected chi connectivity index (χ1v) is 6.95. The van der Waals surface area contributed by atoms with Gasteiger partial charge in [-0.2, -0.15) is 0 Å². The van der Waals surface area contributed by atoms with Crippen LogP contribution in [-0.2, 0) is 0 Å². The van der Waals surface area contributed by atoms with E-state index in [1.165, 1.54) is 0 Å². The van der Waals surface area contributed by atoms with Crippen molar-refractivity contribution in [2.24, 2.45) is 0 Å².